The van der Waals surface area contributed by atoms with Gasteiger partial charge < -0.3 is 4.74 Å². The summed E-state index contributed by atoms with van der Waals surface area (Å²) in [5, 5.41) is 11.9. The van der Waals surface area contributed by atoms with Crippen molar-refractivity contribution in [3.8, 4) is 5.75 Å². The van der Waals surface area contributed by atoms with Crippen LogP contribution in [0, 0.1) is 16.0 Å². The molecule has 0 aliphatic heterocycles. The quantitative estimate of drug-likeness (QED) is 0.427. The lowest BCUT2D eigenvalue weighted by Gasteiger charge is -2.12. The molecule has 0 bridgehead atoms. The van der Waals surface area contributed by atoms with Gasteiger partial charge in [-0.1, -0.05) is 34.5 Å². The highest BCUT2D eigenvalue weighted by Crippen LogP contribution is 2.38. The third kappa shape index (κ3) is 4.12. The predicted octanol–water partition coefficient (Wildman–Crippen LogP) is 4.42. The van der Waals surface area contributed by atoms with E-state index in [9.17, 15) is 10.1 Å². The van der Waals surface area contributed by atoms with E-state index in [1.54, 1.807) is 6.07 Å². The van der Waals surface area contributed by atoms with Crippen molar-refractivity contribution in [2.75, 3.05) is 11.9 Å². The van der Waals surface area contributed by atoms with Gasteiger partial charge in [0.05, 0.1) is 16.0 Å². The zero-order chi connectivity index (χ0) is 13.0. The summed E-state index contributed by atoms with van der Waals surface area (Å²) in [6.45, 7) is 2.37. The topological polar surface area (TPSA) is 52.4 Å². The highest BCUT2D eigenvalue weighted by Gasteiger charge is 2.20. The maximum atomic E-state index is 10.9. The van der Waals surface area contributed by atoms with Gasteiger partial charge in [-0.3, -0.25) is 10.1 Å². The van der Waals surface area contributed by atoms with E-state index < -0.39 is 4.92 Å². The summed E-state index contributed by atoms with van der Waals surface area (Å²) in [5.74, 6) is 0.476. The molecule has 1 aromatic carbocycles. The van der Waals surface area contributed by atoms with Crippen LogP contribution in [0.25, 0.3) is 0 Å². The Morgan fingerprint density at radius 1 is 1.59 bits per heavy atom. The fourth-order valence-corrected chi connectivity index (χ4v) is 2.19. The molecule has 7 heteroatoms. The van der Waals surface area contributed by atoms with E-state index in [0.29, 0.717) is 16.1 Å². The first-order valence-corrected chi connectivity index (χ1v) is 7.07. The molecule has 0 heterocycles. The van der Waals surface area contributed by atoms with E-state index >= 15 is 0 Å². The molecule has 1 atom stereocenters. The third-order valence-electron chi connectivity index (χ3n) is 1.96. The van der Waals surface area contributed by atoms with Gasteiger partial charge in [0, 0.05) is 16.4 Å². The average Bonchev–Trinajstić information content (AvgIpc) is 2.26. The monoisotopic (exact) mass is 385 g/mol. The minimum absolute atomic E-state index is 0.133. The van der Waals surface area contributed by atoms with Crippen molar-refractivity contribution in [1.82, 2.24) is 0 Å². The molecule has 0 amide bonds. The molecule has 0 radical (unpaired) electrons. The van der Waals surface area contributed by atoms with Gasteiger partial charge in [-0.25, -0.2) is 0 Å². The molecule has 94 valence electrons. The number of hydrogen-bond donors (Lipinski definition) is 0. The highest BCUT2D eigenvalue weighted by molar-refractivity contribution is 9.10. The van der Waals surface area contributed by atoms with E-state index in [0.717, 1.165) is 5.33 Å². The van der Waals surface area contributed by atoms with Crippen molar-refractivity contribution in [3.05, 3.63) is 31.7 Å². The van der Waals surface area contributed by atoms with Crippen LogP contribution in [0.4, 0.5) is 5.69 Å². The van der Waals surface area contributed by atoms with E-state index in [-0.39, 0.29) is 17.4 Å². The first-order chi connectivity index (χ1) is 7.95. The van der Waals surface area contributed by atoms with Crippen molar-refractivity contribution < 1.29 is 9.66 Å². The summed E-state index contributed by atoms with van der Waals surface area (Å²) >= 11 is 12.3. The number of nitrogens with zero attached hydrogens (tertiary/aromatic N) is 1. The molecule has 0 spiro atoms. The summed E-state index contributed by atoms with van der Waals surface area (Å²) in [5.41, 5.74) is -0.133. The molecule has 1 unspecified atom stereocenters. The molecule has 1 rings (SSSR count). The maximum absolute atomic E-state index is 10.9. The second-order valence-electron chi connectivity index (χ2n) is 3.56. The Kier molecular flexibility index (Phi) is 5.69. The van der Waals surface area contributed by atoms with Gasteiger partial charge in [0.25, 0.3) is 0 Å². The summed E-state index contributed by atoms with van der Waals surface area (Å²) in [7, 11) is 0. The first kappa shape index (κ1) is 14.7. The maximum Gasteiger partial charge on any atom is 0.313 e. The van der Waals surface area contributed by atoms with Gasteiger partial charge in [-0.05, 0) is 27.9 Å². The van der Waals surface area contributed by atoms with Gasteiger partial charge in [0.1, 0.15) is 0 Å². The summed E-state index contributed by atoms with van der Waals surface area (Å²) < 4.78 is 5.94. The molecular weight excluding hydrogens is 377 g/mol. The smallest absolute Gasteiger partial charge is 0.313 e. The third-order valence-corrected chi connectivity index (χ3v) is 3.87. The molecule has 0 aliphatic carbocycles. The summed E-state index contributed by atoms with van der Waals surface area (Å²) in [4.78, 5) is 10.4. The van der Waals surface area contributed by atoms with Crippen LogP contribution in [-0.4, -0.2) is 16.9 Å². The van der Waals surface area contributed by atoms with Crippen molar-refractivity contribution in [2.24, 2.45) is 5.92 Å². The molecule has 17 heavy (non-hydrogen) atoms. The van der Waals surface area contributed by atoms with Crippen LogP contribution in [0.5, 0.6) is 5.75 Å². The van der Waals surface area contributed by atoms with Crippen molar-refractivity contribution >= 4 is 49.1 Å². The molecular formula is C10H10Br2ClNO3. The Labute approximate surface area is 121 Å². The number of hydrogen-bond acceptors (Lipinski definition) is 3. The first-order valence-electron chi connectivity index (χ1n) is 4.78. The standard InChI is InChI=1S/C10H10Br2ClNO3/c1-6(4-11)5-17-10-8(12)2-7(13)3-9(10)14(15)16/h2-3,6H,4-5H2,1H3. The summed E-state index contributed by atoms with van der Waals surface area (Å²) in [6.07, 6.45) is 0. The number of ether oxygens (including phenoxy) is 1. The highest BCUT2D eigenvalue weighted by atomic mass is 79.9. The van der Waals surface area contributed by atoms with Crippen LogP contribution < -0.4 is 4.74 Å². The van der Waals surface area contributed by atoms with Gasteiger partial charge >= 0.3 is 5.69 Å². The molecule has 0 N–H and O–H groups in total. The Morgan fingerprint density at radius 2 is 2.24 bits per heavy atom. The Hall–Kier alpha value is -0.330. The van der Waals surface area contributed by atoms with E-state index in [1.165, 1.54) is 6.07 Å². The summed E-state index contributed by atoms with van der Waals surface area (Å²) in [6, 6.07) is 2.85. The van der Waals surface area contributed by atoms with E-state index in [4.69, 9.17) is 16.3 Å². The van der Waals surface area contributed by atoms with Crippen LogP contribution in [0.1, 0.15) is 6.92 Å². The zero-order valence-corrected chi connectivity index (χ0v) is 12.9. The Balaban J connectivity index is 3.00. The average molecular weight is 387 g/mol. The van der Waals surface area contributed by atoms with Crippen molar-refractivity contribution in [2.45, 2.75) is 6.92 Å². The lowest BCUT2D eigenvalue weighted by molar-refractivity contribution is -0.386. The SMILES string of the molecule is CC(CBr)COc1c(Br)cc(Cl)cc1[N+](=O)[O-]. The molecule has 0 aromatic heterocycles. The van der Waals surface area contributed by atoms with E-state index in [1.807, 2.05) is 6.92 Å². The van der Waals surface area contributed by atoms with Gasteiger partial charge in [-0.2, -0.15) is 0 Å². The second-order valence-corrected chi connectivity index (χ2v) is 5.50. The van der Waals surface area contributed by atoms with Crippen LogP contribution >= 0.6 is 43.5 Å². The van der Waals surface area contributed by atoms with E-state index in [2.05, 4.69) is 31.9 Å². The lowest BCUT2D eigenvalue weighted by atomic mass is 10.2. The Morgan fingerprint density at radius 3 is 2.76 bits per heavy atom. The molecule has 4 nitrogen and oxygen atoms in total. The minimum atomic E-state index is -0.509. The van der Waals surface area contributed by atoms with Crippen LogP contribution in [-0.2, 0) is 0 Å². The van der Waals surface area contributed by atoms with Gasteiger partial charge in [0.2, 0.25) is 5.75 Å². The largest absolute Gasteiger partial charge is 0.486 e. The van der Waals surface area contributed by atoms with Gasteiger partial charge in [-0.15, -0.1) is 0 Å². The second kappa shape index (κ2) is 6.56. The number of nitro groups is 1. The number of benzene rings is 1. The Bertz CT molecular complexity index is 428. The molecule has 0 saturated carbocycles. The van der Waals surface area contributed by atoms with Crippen LogP contribution in [0.2, 0.25) is 5.02 Å². The number of rotatable bonds is 5. The normalized spacial score (nSPS) is 12.2. The molecule has 0 aliphatic rings. The zero-order valence-electron chi connectivity index (χ0n) is 8.95. The van der Waals surface area contributed by atoms with Gasteiger partial charge in [0.15, 0.2) is 0 Å². The number of nitro benzene ring substituents is 1. The fraction of sp³-hybridized carbons (Fsp3) is 0.400. The van der Waals surface area contributed by atoms with Crippen LogP contribution in [0.3, 0.4) is 0 Å². The molecule has 0 saturated heterocycles. The minimum Gasteiger partial charge on any atom is -0.486 e. The molecule has 0 fully saturated rings. The number of halogens is 3. The lowest BCUT2D eigenvalue weighted by Crippen LogP contribution is -2.10. The predicted molar refractivity (Wildman–Crippen MR) is 74.3 cm³/mol. The fourth-order valence-electron chi connectivity index (χ4n) is 1.10. The van der Waals surface area contributed by atoms with Crippen molar-refractivity contribution in [1.29, 1.82) is 0 Å². The molecule has 1 aromatic rings. The number of alkyl halides is 1. The van der Waals surface area contributed by atoms with Crippen molar-refractivity contribution in [3.63, 3.8) is 0 Å². The van der Waals surface area contributed by atoms with Crippen LogP contribution in [0.15, 0.2) is 16.6 Å².